The number of rotatable bonds is 4. The molecule has 1 aromatic heterocycles. The van der Waals surface area contributed by atoms with Crippen molar-refractivity contribution in [1.82, 2.24) is 4.90 Å². The van der Waals surface area contributed by atoms with Gasteiger partial charge in [-0.3, -0.25) is 0 Å². The first-order valence-corrected chi connectivity index (χ1v) is 11.6. The second-order valence-corrected chi connectivity index (χ2v) is 9.68. The molecule has 7 heteroatoms. The largest absolute Gasteiger partial charge is 0.495 e. The molecule has 30 heavy (non-hydrogen) atoms. The Labute approximate surface area is 176 Å². The van der Waals surface area contributed by atoms with Crippen LogP contribution in [0.4, 0.5) is 0 Å². The fraction of sp³-hybridized carbons (Fsp3) is 0.304. The fourth-order valence-corrected chi connectivity index (χ4v) is 5.56. The van der Waals surface area contributed by atoms with Crippen molar-refractivity contribution in [3.05, 3.63) is 53.9 Å². The first-order valence-electron chi connectivity index (χ1n) is 10.0. The SMILES string of the molecule is COc1c(-c2cc(C3=CN4CCC3CC4)c3occc3c2)cc(C)cc1S(N)(=O)=O. The second-order valence-electron chi connectivity index (χ2n) is 8.15. The number of furan rings is 1. The zero-order chi connectivity index (χ0) is 21.0. The van der Waals surface area contributed by atoms with Crippen molar-refractivity contribution in [2.45, 2.75) is 24.7 Å². The molecule has 3 aromatic rings. The molecule has 156 valence electrons. The number of sulfonamides is 1. The number of benzene rings is 2. The van der Waals surface area contributed by atoms with E-state index in [2.05, 4.69) is 17.2 Å². The van der Waals surface area contributed by atoms with Crippen LogP contribution in [0.1, 0.15) is 24.0 Å². The molecule has 6 rings (SSSR count). The number of ether oxygens (including phenoxy) is 1. The quantitative estimate of drug-likeness (QED) is 0.681. The molecule has 0 unspecified atom stereocenters. The first-order chi connectivity index (χ1) is 14.3. The summed E-state index contributed by atoms with van der Waals surface area (Å²) in [6.45, 7) is 4.04. The summed E-state index contributed by atoms with van der Waals surface area (Å²) in [5.74, 6) is 0.776. The summed E-state index contributed by atoms with van der Waals surface area (Å²) < 4.78 is 35.8. The van der Waals surface area contributed by atoms with Crippen molar-refractivity contribution in [2.24, 2.45) is 11.1 Å². The average Bonchev–Trinajstić information content (AvgIpc) is 3.21. The van der Waals surface area contributed by atoms with Gasteiger partial charge in [0.25, 0.3) is 0 Å². The number of fused-ring (bicyclic) bond motifs is 3. The maximum Gasteiger partial charge on any atom is 0.241 e. The van der Waals surface area contributed by atoms with E-state index in [4.69, 9.17) is 14.3 Å². The van der Waals surface area contributed by atoms with Crippen molar-refractivity contribution in [1.29, 1.82) is 0 Å². The van der Waals surface area contributed by atoms with Gasteiger partial charge in [0.15, 0.2) is 0 Å². The van der Waals surface area contributed by atoms with Gasteiger partial charge in [0.2, 0.25) is 10.0 Å². The summed E-state index contributed by atoms with van der Waals surface area (Å²) >= 11 is 0. The molecule has 3 aliphatic rings. The Hall–Kier alpha value is -2.77. The number of hydrogen-bond acceptors (Lipinski definition) is 5. The molecule has 3 aliphatic heterocycles. The number of nitrogens with two attached hydrogens (primary N) is 1. The van der Waals surface area contributed by atoms with E-state index in [9.17, 15) is 8.42 Å². The minimum Gasteiger partial charge on any atom is -0.495 e. The van der Waals surface area contributed by atoms with Crippen LogP contribution in [-0.2, 0) is 10.0 Å². The lowest BCUT2D eigenvalue weighted by Crippen LogP contribution is -2.35. The highest BCUT2D eigenvalue weighted by molar-refractivity contribution is 7.89. The minimum absolute atomic E-state index is 0.00381. The summed E-state index contributed by atoms with van der Waals surface area (Å²) in [4.78, 5) is 2.36. The lowest BCUT2D eigenvalue weighted by molar-refractivity contribution is 0.252. The van der Waals surface area contributed by atoms with Crippen molar-refractivity contribution in [2.75, 3.05) is 20.2 Å². The van der Waals surface area contributed by atoms with Gasteiger partial charge < -0.3 is 14.1 Å². The summed E-state index contributed by atoms with van der Waals surface area (Å²) in [5.41, 5.74) is 5.58. The van der Waals surface area contributed by atoms with Gasteiger partial charge in [-0.1, -0.05) is 0 Å². The number of methoxy groups -OCH3 is 1. The predicted octanol–water partition coefficient (Wildman–Crippen LogP) is 4.13. The van der Waals surface area contributed by atoms with E-state index >= 15 is 0 Å². The molecule has 2 N–H and O–H groups in total. The highest BCUT2D eigenvalue weighted by atomic mass is 32.2. The summed E-state index contributed by atoms with van der Waals surface area (Å²) in [6, 6.07) is 9.51. The molecule has 0 spiro atoms. The first kappa shape index (κ1) is 19.2. The molecule has 4 heterocycles. The van der Waals surface area contributed by atoms with Crippen LogP contribution in [0.3, 0.4) is 0 Å². The number of allylic oxidation sites excluding steroid dienone is 1. The Balaban J connectivity index is 1.77. The van der Waals surface area contributed by atoms with Crippen LogP contribution in [-0.4, -0.2) is 33.5 Å². The Morgan fingerprint density at radius 2 is 1.90 bits per heavy atom. The van der Waals surface area contributed by atoms with Crippen LogP contribution < -0.4 is 9.88 Å². The molecule has 0 radical (unpaired) electrons. The van der Waals surface area contributed by atoms with Gasteiger partial charge in [-0.2, -0.15) is 0 Å². The van der Waals surface area contributed by atoms with Gasteiger partial charge in [0, 0.05) is 35.8 Å². The van der Waals surface area contributed by atoms with Crippen LogP contribution in [0.2, 0.25) is 0 Å². The summed E-state index contributed by atoms with van der Waals surface area (Å²) in [7, 11) is -2.46. The third-order valence-electron chi connectivity index (χ3n) is 6.17. The minimum atomic E-state index is -3.93. The van der Waals surface area contributed by atoms with Crippen molar-refractivity contribution in [3.8, 4) is 16.9 Å². The third-order valence-corrected chi connectivity index (χ3v) is 7.09. The molecular formula is C23H24N2O4S. The number of aryl methyl sites for hydroxylation is 1. The normalized spacial score (nSPS) is 16.9. The Morgan fingerprint density at radius 1 is 1.13 bits per heavy atom. The van der Waals surface area contributed by atoms with E-state index in [1.165, 1.54) is 12.7 Å². The zero-order valence-electron chi connectivity index (χ0n) is 17.0. The lowest BCUT2D eigenvalue weighted by atomic mass is 9.81. The molecule has 0 atom stereocenters. The van der Waals surface area contributed by atoms with Crippen LogP contribution >= 0.6 is 0 Å². The molecule has 0 amide bonds. The standard InChI is InChI=1S/C23H24N2O4S/c1-14-9-18(23(28-2)21(10-14)30(24,26)27)17-11-16-5-8-29-22(16)19(12-17)20-13-25-6-3-15(20)4-7-25/h5,8-13,15H,3-4,6-7H2,1-2H3,(H2,24,26,27). The van der Waals surface area contributed by atoms with Gasteiger partial charge in [0.05, 0.1) is 13.4 Å². The van der Waals surface area contributed by atoms with Crippen LogP contribution in [0, 0.1) is 12.8 Å². The highest BCUT2D eigenvalue weighted by Crippen LogP contribution is 2.44. The molecule has 2 aromatic carbocycles. The van der Waals surface area contributed by atoms with E-state index in [0.717, 1.165) is 53.6 Å². The molecule has 6 nitrogen and oxygen atoms in total. The van der Waals surface area contributed by atoms with E-state index in [1.54, 1.807) is 12.3 Å². The zero-order valence-corrected chi connectivity index (χ0v) is 17.8. The van der Waals surface area contributed by atoms with E-state index < -0.39 is 10.0 Å². The van der Waals surface area contributed by atoms with Crippen LogP contribution in [0.25, 0.3) is 27.7 Å². The van der Waals surface area contributed by atoms with E-state index in [-0.39, 0.29) is 10.6 Å². The predicted molar refractivity (Wildman–Crippen MR) is 117 cm³/mol. The molecule has 0 saturated carbocycles. The third kappa shape index (κ3) is 3.09. The average molecular weight is 425 g/mol. The van der Waals surface area contributed by atoms with Crippen molar-refractivity contribution in [3.63, 3.8) is 0 Å². The van der Waals surface area contributed by atoms with Crippen molar-refractivity contribution < 1.29 is 17.6 Å². The molecule has 2 bridgehead atoms. The Bertz CT molecular complexity index is 1280. The monoisotopic (exact) mass is 424 g/mol. The molecular weight excluding hydrogens is 400 g/mol. The van der Waals surface area contributed by atoms with E-state index in [0.29, 0.717) is 11.5 Å². The van der Waals surface area contributed by atoms with Gasteiger partial charge in [-0.25, -0.2) is 13.6 Å². The maximum absolute atomic E-state index is 12.2. The van der Waals surface area contributed by atoms with Gasteiger partial charge in [-0.05, 0) is 72.7 Å². The maximum atomic E-state index is 12.2. The Kier molecular flexibility index (Phi) is 4.41. The van der Waals surface area contributed by atoms with Crippen molar-refractivity contribution >= 4 is 26.6 Å². The van der Waals surface area contributed by atoms with Gasteiger partial charge in [0.1, 0.15) is 16.2 Å². The number of hydrogen-bond donors (Lipinski definition) is 1. The Morgan fingerprint density at radius 3 is 2.53 bits per heavy atom. The molecule has 1 saturated heterocycles. The highest BCUT2D eigenvalue weighted by Gasteiger charge is 2.30. The summed E-state index contributed by atoms with van der Waals surface area (Å²) in [5, 5.41) is 6.45. The summed E-state index contributed by atoms with van der Waals surface area (Å²) in [6.07, 6.45) is 6.23. The van der Waals surface area contributed by atoms with E-state index in [1.807, 2.05) is 25.1 Å². The van der Waals surface area contributed by atoms with Gasteiger partial charge >= 0.3 is 0 Å². The second kappa shape index (κ2) is 6.89. The topological polar surface area (TPSA) is 85.8 Å². The number of piperidine rings is 1. The lowest BCUT2D eigenvalue weighted by Gasteiger charge is -2.39. The fourth-order valence-electron chi connectivity index (χ4n) is 4.76. The smallest absolute Gasteiger partial charge is 0.241 e. The van der Waals surface area contributed by atoms with Gasteiger partial charge in [-0.15, -0.1) is 0 Å². The molecule has 1 fully saturated rings. The molecule has 0 aliphatic carbocycles. The van der Waals surface area contributed by atoms with Crippen LogP contribution in [0.15, 0.2) is 52.1 Å². The number of nitrogens with zero attached hydrogens (tertiary/aromatic N) is 1. The van der Waals surface area contributed by atoms with Crippen LogP contribution in [0.5, 0.6) is 5.75 Å². The number of primary sulfonamides is 1.